The fourth-order valence-corrected chi connectivity index (χ4v) is 3.91. The number of piperidine rings is 1. The summed E-state index contributed by atoms with van der Waals surface area (Å²) < 4.78 is 0. The van der Waals surface area contributed by atoms with Crippen LogP contribution in [0.2, 0.25) is 0 Å². The van der Waals surface area contributed by atoms with Crippen LogP contribution in [0, 0.1) is 6.92 Å². The molecule has 1 N–H and O–H groups in total. The molecule has 1 saturated heterocycles. The molecule has 6 nitrogen and oxygen atoms in total. The van der Waals surface area contributed by atoms with Gasteiger partial charge in [0.1, 0.15) is 0 Å². The average Bonchev–Trinajstić information content (AvgIpc) is 2.66. The summed E-state index contributed by atoms with van der Waals surface area (Å²) in [6, 6.07) is 8.28. The first-order chi connectivity index (χ1) is 12.8. The number of carbonyl (C=O) groups is 2. The molecule has 0 aliphatic carbocycles. The van der Waals surface area contributed by atoms with Crippen LogP contribution in [-0.4, -0.2) is 77.0 Å². The van der Waals surface area contributed by atoms with Crippen LogP contribution in [-0.2, 0) is 16.1 Å². The normalized spacial score (nSPS) is 17.1. The number of rotatable bonds is 8. The number of carboxylic acids is 1. The fraction of sp³-hybridized carbons (Fsp3) is 0.619. The Morgan fingerprint density at radius 2 is 1.89 bits per heavy atom. The Hall–Kier alpha value is -1.92. The lowest BCUT2D eigenvalue weighted by molar-refractivity contribution is -0.139. The van der Waals surface area contributed by atoms with Gasteiger partial charge in [-0.15, -0.1) is 0 Å². The maximum absolute atomic E-state index is 12.9. The molecular formula is C21H33N3O3. The molecule has 2 rings (SSSR count). The molecule has 0 spiro atoms. The van der Waals surface area contributed by atoms with E-state index in [4.69, 9.17) is 5.11 Å². The summed E-state index contributed by atoms with van der Waals surface area (Å²) in [5.41, 5.74) is 2.37. The van der Waals surface area contributed by atoms with E-state index in [9.17, 15) is 9.59 Å². The number of likely N-dealkylation sites (tertiary alicyclic amines) is 1. The SMILES string of the molecule is CCN(CC(=O)O)C1CCN(C(C)C(=O)N(C)Cc2ccccc2C)CC1. The molecule has 0 aromatic heterocycles. The maximum Gasteiger partial charge on any atom is 0.317 e. The number of amides is 1. The Morgan fingerprint density at radius 3 is 2.44 bits per heavy atom. The molecule has 0 radical (unpaired) electrons. The average molecular weight is 376 g/mol. The molecule has 0 saturated carbocycles. The van der Waals surface area contributed by atoms with Crippen LogP contribution in [0.15, 0.2) is 24.3 Å². The van der Waals surface area contributed by atoms with Gasteiger partial charge in [-0.2, -0.15) is 0 Å². The highest BCUT2D eigenvalue weighted by atomic mass is 16.4. The van der Waals surface area contributed by atoms with E-state index in [0.29, 0.717) is 6.54 Å². The van der Waals surface area contributed by atoms with E-state index >= 15 is 0 Å². The van der Waals surface area contributed by atoms with Gasteiger partial charge in [-0.25, -0.2) is 0 Å². The topological polar surface area (TPSA) is 64.1 Å². The highest BCUT2D eigenvalue weighted by Crippen LogP contribution is 2.19. The van der Waals surface area contributed by atoms with Gasteiger partial charge >= 0.3 is 5.97 Å². The first-order valence-electron chi connectivity index (χ1n) is 9.82. The van der Waals surface area contributed by atoms with Crippen LogP contribution >= 0.6 is 0 Å². The summed E-state index contributed by atoms with van der Waals surface area (Å²) in [6.45, 7) is 9.15. The minimum atomic E-state index is -0.777. The highest BCUT2D eigenvalue weighted by molar-refractivity contribution is 5.81. The summed E-state index contributed by atoms with van der Waals surface area (Å²) in [7, 11) is 1.86. The van der Waals surface area contributed by atoms with Crippen molar-refractivity contribution in [3.05, 3.63) is 35.4 Å². The van der Waals surface area contributed by atoms with E-state index in [-0.39, 0.29) is 24.5 Å². The van der Waals surface area contributed by atoms with Crippen LogP contribution in [0.5, 0.6) is 0 Å². The number of aliphatic carboxylic acids is 1. The standard InChI is InChI=1S/C21H33N3O3/c1-5-23(15-20(25)26)19-10-12-24(13-11-19)17(3)21(27)22(4)14-18-9-7-6-8-16(18)2/h6-9,17,19H,5,10-15H2,1-4H3,(H,25,26). The summed E-state index contributed by atoms with van der Waals surface area (Å²) in [5, 5.41) is 9.06. The summed E-state index contributed by atoms with van der Waals surface area (Å²) >= 11 is 0. The lowest BCUT2D eigenvalue weighted by atomic mass is 10.0. The minimum Gasteiger partial charge on any atom is -0.480 e. The van der Waals surface area contributed by atoms with E-state index in [0.717, 1.165) is 32.5 Å². The van der Waals surface area contributed by atoms with Gasteiger partial charge in [-0.1, -0.05) is 31.2 Å². The van der Waals surface area contributed by atoms with Crippen molar-refractivity contribution in [2.24, 2.45) is 0 Å². The van der Waals surface area contributed by atoms with Crippen LogP contribution in [0.25, 0.3) is 0 Å². The zero-order valence-corrected chi connectivity index (χ0v) is 17.0. The van der Waals surface area contributed by atoms with Gasteiger partial charge in [-0.05, 0) is 44.4 Å². The van der Waals surface area contributed by atoms with Gasteiger partial charge in [0.05, 0.1) is 12.6 Å². The van der Waals surface area contributed by atoms with Gasteiger partial charge in [0, 0.05) is 32.7 Å². The summed E-state index contributed by atoms with van der Waals surface area (Å²) in [6.07, 6.45) is 1.81. The third kappa shape index (κ3) is 5.78. The second-order valence-electron chi connectivity index (χ2n) is 7.52. The van der Waals surface area contributed by atoms with Crippen LogP contribution in [0.4, 0.5) is 0 Å². The molecule has 1 unspecified atom stereocenters. The van der Waals surface area contributed by atoms with E-state index in [2.05, 4.69) is 24.0 Å². The Morgan fingerprint density at radius 1 is 1.26 bits per heavy atom. The summed E-state index contributed by atoms with van der Waals surface area (Å²) in [4.78, 5) is 29.9. The zero-order valence-electron chi connectivity index (χ0n) is 17.0. The summed E-state index contributed by atoms with van der Waals surface area (Å²) in [5.74, 6) is -0.643. The molecule has 150 valence electrons. The molecule has 1 aromatic rings. The molecule has 27 heavy (non-hydrogen) atoms. The highest BCUT2D eigenvalue weighted by Gasteiger charge is 2.30. The Bertz CT molecular complexity index is 641. The lowest BCUT2D eigenvalue weighted by Gasteiger charge is -2.40. The van der Waals surface area contributed by atoms with Gasteiger partial charge in [-0.3, -0.25) is 19.4 Å². The predicted molar refractivity (Wildman–Crippen MR) is 107 cm³/mol. The second kappa shape index (κ2) is 9.85. The van der Waals surface area contributed by atoms with Crippen molar-refractivity contribution in [1.29, 1.82) is 0 Å². The van der Waals surface area contributed by atoms with Gasteiger partial charge < -0.3 is 10.0 Å². The van der Waals surface area contributed by atoms with E-state index in [1.54, 1.807) is 0 Å². The number of aryl methyl sites for hydroxylation is 1. The molecule has 1 amide bonds. The first-order valence-corrected chi connectivity index (χ1v) is 9.82. The number of nitrogens with zero attached hydrogens (tertiary/aromatic N) is 3. The third-order valence-corrected chi connectivity index (χ3v) is 5.71. The van der Waals surface area contributed by atoms with Crippen molar-refractivity contribution < 1.29 is 14.7 Å². The lowest BCUT2D eigenvalue weighted by Crippen LogP contribution is -2.52. The van der Waals surface area contributed by atoms with Crippen molar-refractivity contribution in [3.63, 3.8) is 0 Å². The smallest absolute Gasteiger partial charge is 0.317 e. The number of hydrogen-bond donors (Lipinski definition) is 1. The third-order valence-electron chi connectivity index (χ3n) is 5.71. The van der Waals surface area contributed by atoms with Crippen molar-refractivity contribution in [2.45, 2.75) is 52.2 Å². The van der Waals surface area contributed by atoms with Crippen molar-refractivity contribution >= 4 is 11.9 Å². The monoisotopic (exact) mass is 375 g/mol. The molecule has 6 heteroatoms. The van der Waals surface area contributed by atoms with Crippen LogP contribution in [0.3, 0.4) is 0 Å². The maximum atomic E-state index is 12.9. The van der Waals surface area contributed by atoms with Crippen molar-refractivity contribution in [2.75, 3.05) is 33.2 Å². The second-order valence-corrected chi connectivity index (χ2v) is 7.52. The molecule has 1 aliphatic rings. The van der Waals surface area contributed by atoms with Crippen molar-refractivity contribution in [3.8, 4) is 0 Å². The largest absolute Gasteiger partial charge is 0.480 e. The van der Waals surface area contributed by atoms with Crippen LogP contribution in [0.1, 0.15) is 37.8 Å². The Balaban J connectivity index is 1.88. The molecule has 1 heterocycles. The number of benzene rings is 1. The van der Waals surface area contributed by atoms with Crippen molar-refractivity contribution in [1.82, 2.24) is 14.7 Å². The quantitative estimate of drug-likeness (QED) is 0.755. The molecule has 1 atom stereocenters. The molecule has 1 fully saturated rings. The zero-order chi connectivity index (χ0) is 20.0. The number of hydrogen-bond acceptors (Lipinski definition) is 4. The number of carboxylic acid groups (broad SMARTS) is 1. The van der Waals surface area contributed by atoms with Gasteiger partial charge in [0.15, 0.2) is 0 Å². The molecule has 0 bridgehead atoms. The Kier molecular flexibility index (Phi) is 7.80. The van der Waals surface area contributed by atoms with Gasteiger partial charge in [0.25, 0.3) is 0 Å². The first kappa shape index (κ1) is 21.4. The van der Waals surface area contributed by atoms with Gasteiger partial charge in [0.2, 0.25) is 5.91 Å². The molecular weight excluding hydrogens is 342 g/mol. The van der Waals surface area contributed by atoms with E-state index in [1.165, 1.54) is 11.1 Å². The van der Waals surface area contributed by atoms with E-state index in [1.807, 2.05) is 42.8 Å². The number of carbonyl (C=O) groups excluding carboxylic acids is 1. The number of likely N-dealkylation sites (N-methyl/N-ethyl adjacent to an activating group) is 2. The van der Waals surface area contributed by atoms with E-state index < -0.39 is 5.97 Å². The molecule has 1 aromatic carbocycles. The molecule has 1 aliphatic heterocycles. The Labute approximate surface area is 162 Å². The predicted octanol–water partition coefficient (Wildman–Crippen LogP) is 2.21. The van der Waals surface area contributed by atoms with Crippen LogP contribution < -0.4 is 0 Å². The fourth-order valence-electron chi connectivity index (χ4n) is 3.91. The minimum absolute atomic E-state index is 0.0921.